The first-order valence-corrected chi connectivity index (χ1v) is 8.87. The van der Waals surface area contributed by atoms with Crippen LogP contribution in [0.15, 0.2) is 42.5 Å². The Balaban J connectivity index is 1.61. The van der Waals surface area contributed by atoms with Gasteiger partial charge in [-0.3, -0.25) is 19.3 Å². The van der Waals surface area contributed by atoms with E-state index in [1.54, 1.807) is 37.3 Å². The highest BCUT2D eigenvalue weighted by atomic mass is 35.5. The van der Waals surface area contributed by atoms with E-state index in [1.165, 1.54) is 19.1 Å². The maximum absolute atomic E-state index is 12.4. The average Bonchev–Trinajstić information content (AvgIpc) is 2.93. The van der Waals surface area contributed by atoms with E-state index in [0.29, 0.717) is 10.7 Å². The van der Waals surface area contributed by atoms with Crippen molar-refractivity contribution in [3.05, 3.63) is 64.2 Å². The number of imide groups is 1. The monoisotopic (exact) mass is 400 g/mol. The van der Waals surface area contributed by atoms with Gasteiger partial charge < -0.3 is 10.1 Å². The molecule has 0 spiro atoms. The van der Waals surface area contributed by atoms with E-state index >= 15 is 0 Å². The number of benzene rings is 2. The van der Waals surface area contributed by atoms with Crippen molar-refractivity contribution in [2.75, 3.05) is 11.9 Å². The molecule has 0 fully saturated rings. The summed E-state index contributed by atoms with van der Waals surface area (Å²) < 4.78 is 4.99. The molecule has 8 heteroatoms. The average molecular weight is 401 g/mol. The molecule has 3 amide bonds. The summed E-state index contributed by atoms with van der Waals surface area (Å²) in [7, 11) is 0. The largest absolute Gasteiger partial charge is 0.454 e. The molecule has 3 rings (SSSR count). The highest BCUT2D eigenvalue weighted by Gasteiger charge is 2.41. The minimum absolute atomic E-state index is 0.237. The molecule has 1 atom stereocenters. The Hall–Kier alpha value is -3.19. The number of nitrogens with one attached hydrogen (secondary N) is 1. The molecule has 0 saturated carbocycles. The summed E-state index contributed by atoms with van der Waals surface area (Å²) in [6, 6.07) is 10.2. The Bertz CT molecular complexity index is 953. The number of fused-ring (bicyclic) bond motifs is 1. The second-order valence-electron chi connectivity index (χ2n) is 6.32. The number of hydrogen-bond acceptors (Lipinski definition) is 5. The molecule has 144 valence electrons. The maximum Gasteiger partial charge on any atom is 0.329 e. The van der Waals surface area contributed by atoms with Crippen LogP contribution in [-0.4, -0.2) is 41.2 Å². The Morgan fingerprint density at radius 3 is 2.32 bits per heavy atom. The fourth-order valence-corrected chi connectivity index (χ4v) is 3.01. The van der Waals surface area contributed by atoms with Crippen molar-refractivity contribution in [2.24, 2.45) is 0 Å². The normalized spacial score (nSPS) is 13.9. The minimum Gasteiger partial charge on any atom is -0.454 e. The lowest BCUT2D eigenvalue weighted by molar-refractivity contribution is -0.150. The van der Waals surface area contributed by atoms with Crippen molar-refractivity contribution in [3.63, 3.8) is 0 Å². The van der Waals surface area contributed by atoms with Crippen molar-refractivity contribution in [1.82, 2.24) is 4.90 Å². The van der Waals surface area contributed by atoms with E-state index in [-0.39, 0.29) is 11.1 Å². The van der Waals surface area contributed by atoms with E-state index in [2.05, 4.69) is 5.32 Å². The number of amides is 3. The van der Waals surface area contributed by atoms with Gasteiger partial charge in [-0.05, 0) is 43.7 Å². The number of rotatable bonds is 5. The number of anilines is 1. The maximum atomic E-state index is 12.4. The molecule has 1 unspecified atom stereocenters. The summed E-state index contributed by atoms with van der Waals surface area (Å²) in [5.41, 5.74) is 1.77. The van der Waals surface area contributed by atoms with Crippen molar-refractivity contribution in [3.8, 4) is 0 Å². The molecule has 1 aliphatic heterocycles. The van der Waals surface area contributed by atoms with Crippen molar-refractivity contribution >= 4 is 41.0 Å². The van der Waals surface area contributed by atoms with Crippen LogP contribution in [0.5, 0.6) is 0 Å². The number of aryl methyl sites for hydroxylation is 1. The van der Waals surface area contributed by atoms with Gasteiger partial charge in [0.1, 0.15) is 6.04 Å². The highest BCUT2D eigenvalue weighted by molar-refractivity contribution is 6.31. The summed E-state index contributed by atoms with van der Waals surface area (Å²) in [6.45, 7) is 2.61. The molecule has 0 aromatic heterocycles. The first-order chi connectivity index (χ1) is 13.3. The molecule has 2 aromatic rings. The van der Waals surface area contributed by atoms with Gasteiger partial charge in [-0.15, -0.1) is 0 Å². The van der Waals surface area contributed by atoms with E-state index in [9.17, 15) is 19.2 Å². The molecule has 1 N–H and O–H groups in total. The zero-order chi connectivity index (χ0) is 20.4. The summed E-state index contributed by atoms with van der Waals surface area (Å²) >= 11 is 5.90. The third-order valence-corrected chi connectivity index (χ3v) is 4.61. The molecule has 28 heavy (non-hydrogen) atoms. The van der Waals surface area contributed by atoms with Gasteiger partial charge >= 0.3 is 5.97 Å². The predicted octanol–water partition coefficient (Wildman–Crippen LogP) is 2.81. The Morgan fingerprint density at radius 2 is 1.71 bits per heavy atom. The Kier molecular flexibility index (Phi) is 5.46. The fourth-order valence-electron chi connectivity index (χ4n) is 2.84. The lowest BCUT2D eigenvalue weighted by Crippen LogP contribution is -2.44. The zero-order valence-electron chi connectivity index (χ0n) is 15.2. The Labute approximate surface area is 166 Å². The molecule has 7 nitrogen and oxygen atoms in total. The van der Waals surface area contributed by atoms with E-state index in [1.807, 2.05) is 0 Å². The molecule has 1 aliphatic rings. The van der Waals surface area contributed by atoms with Crippen LogP contribution in [0.3, 0.4) is 0 Å². The van der Waals surface area contributed by atoms with E-state index in [4.69, 9.17) is 16.3 Å². The summed E-state index contributed by atoms with van der Waals surface area (Å²) in [5, 5.41) is 3.05. The third-order valence-electron chi connectivity index (χ3n) is 4.37. The van der Waals surface area contributed by atoms with Crippen LogP contribution in [0.4, 0.5) is 5.69 Å². The molecule has 0 bridgehead atoms. The predicted molar refractivity (Wildman–Crippen MR) is 102 cm³/mol. The van der Waals surface area contributed by atoms with E-state index in [0.717, 1.165) is 10.5 Å². The van der Waals surface area contributed by atoms with Crippen LogP contribution in [-0.2, 0) is 14.3 Å². The van der Waals surface area contributed by atoms with Crippen LogP contribution >= 0.6 is 11.6 Å². The van der Waals surface area contributed by atoms with Crippen molar-refractivity contribution < 1.29 is 23.9 Å². The fraction of sp³-hybridized carbons (Fsp3) is 0.200. The number of esters is 1. The van der Waals surface area contributed by atoms with Crippen molar-refractivity contribution in [1.29, 1.82) is 0 Å². The molecular weight excluding hydrogens is 384 g/mol. The van der Waals surface area contributed by atoms with Crippen molar-refractivity contribution in [2.45, 2.75) is 19.9 Å². The molecule has 0 saturated heterocycles. The van der Waals surface area contributed by atoms with Crippen LogP contribution in [0, 0.1) is 6.92 Å². The number of carbonyl (C=O) groups excluding carboxylic acids is 4. The summed E-state index contributed by atoms with van der Waals surface area (Å²) in [6.07, 6.45) is 0. The smallest absolute Gasteiger partial charge is 0.329 e. The van der Waals surface area contributed by atoms with Gasteiger partial charge in [0.25, 0.3) is 17.7 Å². The van der Waals surface area contributed by atoms with Gasteiger partial charge in [0.05, 0.1) is 11.1 Å². The van der Waals surface area contributed by atoms with Gasteiger partial charge in [0.15, 0.2) is 6.61 Å². The number of hydrogen-bond donors (Lipinski definition) is 1. The topological polar surface area (TPSA) is 92.8 Å². The van der Waals surface area contributed by atoms with Crippen LogP contribution in [0.2, 0.25) is 5.02 Å². The molecule has 1 heterocycles. The quantitative estimate of drug-likeness (QED) is 0.615. The van der Waals surface area contributed by atoms with Crippen LogP contribution in [0.25, 0.3) is 0 Å². The summed E-state index contributed by atoms with van der Waals surface area (Å²) in [5.74, 6) is -2.55. The van der Waals surface area contributed by atoms with Gasteiger partial charge in [0, 0.05) is 10.7 Å². The highest BCUT2D eigenvalue weighted by Crippen LogP contribution is 2.25. The molecule has 2 aromatic carbocycles. The van der Waals surface area contributed by atoms with Gasteiger partial charge in [-0.2, -0.15) is 0 Å². The molecule has 0 aliphatic carbocycles. The first-order valence-electron chi connectivity index (χ1n) is 8.49. The second-order valence-corrected chi connectivity index (χ2v) is 6.75. The SMILES string of the molecule is Cc1ccc(Cl)cc1NC(=O)COC(=O)C(C)N1C(=O)c2ccccc2C1=O. The lowest BCUT2D eigenvalue weighted by Gasteiger charge is -2.20. The van der Waals surface area contributed by atoms with Crippen LogP contribution in [0.1, 0.15) is 33.2 Å². The van der Waals surface area contributed by atoms with Crippen LogP contribution < -0.4 is 5.32 Å². The van der Waals surface area contributed by atoms with Gasteiger partial charge in [0.2, 0.25) is 0 Å². The van der Waals surface area contributed by atoms with E-state index < -0.39 is 36.3 Å². The van der Waals surface area contributed by atoms with Gasteiger partial charge in [-0.25, -0.2) is 4.79 Å². The standard InChI is InChI=1S/C20H17ClN2O5/c1-11-7-8-13(21)9-16(11)22-17(24)10-28-20(27)12(2)23-18(25)14-5-3-4-6-15(14)19(23)26/h3-9,12H,10H2,1-2H3,(H,22,24). The number of nitrogens with zero attached hydrogens (tertiary/aromatic N) is 1. The second kappa shape index (κ2) is 7.82. The zero-order valence-corrected chi connectivity index (χ0v) is 15.9. The molecular formula is C20H17ClN2O5. The lowest BCUT2D eigenvalue weighted by atomic mass is 10.1. The Morgan fingerprint density at radius 1 is 1.11 bits per heavy atom. The molecule has 0 radical (unpaired) electrons. The number of halogens is 1. The van der Waals surface area contributed by atoms with Gasteiger partial charge in [-0.1, -0.05) is 29.8 Å². The first kappa shape index (κ1) is 19.6. The minimum atomic E-state index is -1.16. The number of ether oxygens (including phenoxy) is 1. The number of carbonyl (C=O) groups is 4. The third kappa shape index (κ3) is 3.75. The summed E-state index contributed by atoms with van der Waals surface area (Å²) in [4.78, 5) is 50.0.